The molecule has 11 heavy (non-hydrogen) atoms. The van der Waals surface area contributed by atoms with E-state index in [1.165, 1.54) is 0 Å². The summed E-state index contributed by atoms with van der Waals surface area (Å²) in [6, 6.07) is 0. The van der Waals surface area contributed by atoms with E-state index in [2.05, 4.69) is 4.89 Å². The van der Waals surface area contributed by atoms with Gasteiger partial charge in [0.05, 0.1) is 12.2 Å². The summed E-state index contributed by atoms with van der Waals surface area (Å²) in [7, 11) is 0. The molecule has 0 fully saturated rings. The van der Waals surface area contributed by atoms with Crippen molar-refractivity contribution in [1.82, 2.24) is 0 Å². The lowest BCUT2D eigenvalue weighted by atomic mass is 9.94. The van der Waals surface area contributed by atoms with E-state index in [-0.39, 0.29) is 12.5 Å². The van der Waals surface area contributed by atoms with Crippen LogP contribution in [0.5, 0.6) is 0 Å². The van der Waals surface area contributed by atoms with Gasteiger partial charge in [-0.15, -0.1) is 0 Å². The summed E-state index contributed by atoms with van der Waals surface area (Å²) in [6.45, 7) is 8.18. The number of hydrogen-bond donors (Lipinski definition) is 1. The van der Waals surface area contributed by atoms with Gasteiger partial charge in [-0.3, -0.25) is 0 Å². The zero-order valence-electron chi connectivity index (χ0n) is 7.76. The minimum atomic E-state index is -0.796. The molecule has 0 spiro atoms. The highest BCUT2D eigenvalue weighted by molar-refractivity contribution is 4.74. The largest absolute Gasteiger partial charge is 0.387 e. The van der Waals surface area contributed by atoms with Crippen LogP contribution < -0.4 is 0 Å². The normalized spacial score (nSPS) is 16.9. The van der Waals surface area contributed by atoms with Gasteiger partial charge in [-0.25, -0.2) is 9.78 Å². The van der Waals surface area contributed by atoms with Crippen LogP contribution in [-0.4, -0.2) is 23.9 Å². The molecule has 1 unspecified atom stereocenters. The van der Waals surface area contributed by atoms with Crippen molar-refractivity contribution in [2.24, 2.45) is 5.92 Å². The van der Waals surface area contributed by atoms with E-state index in [4.69, 9.17) is 4.89 Å². The molecule has 0 saturated carbocycles. The summed E-state index contributed by atoms with van der Waals surface area (Å²) in [5, 5.41) is 9.61. The van der Waals surface area contributed by atoms with Gasteiger partial charge in [0, 0.05) is 0 Å². The number of aliphatic hydroxyl groups is 1. The zero-order valence-corrected chi connectivity index (χ0v) is 7.76. The van der Waals surface area contributed by atoms with Crippen molar-refractivity contribution in [3.05, 3.63) is 0 Å². The Morgan fingerprint density at radius 3 is 2.27 bits per heavy atom. The smallest absolute Gasteiger partial charge is 0.111 e. The van der Waals surface area contributed by atoms with E-state index in [9.17, 15) is 5.11 Å². The van der Waals surface area contributed by atoms with Gasteiger partial charge in [0.1, 0.15) is 6.61 Å². The summed E-state index contributed by atoms with van der Waals surface area (Å²) in [4.78, 5) is 9.42. The van der Waals surface area contributed by atoms with Gasteiger partial charge in [-0.2, -0.15) is 0 Å². The van der Waals surface area contributed by atoms with Crippen LogP contribution in [0.1, 0.15) is 27.7 Å². The Kier molecular flexibility index (Phi) is 4.65. The van der Waals surface area contributed by atoms with Gasteiger partial charge >= 0.3 is 0 Å². The number of hydrogen-bond acceptors (Lipinski definition) is 3. The molecule has 0 aromatic carbocycles. The standard InChI is InChI=1S/C8H18O3/c1-5-10-11-6-8(4,9)7(2)3/h7,9H,5-6H2,1-4H3. The Morgan fingerprint density at radius 1 is 1.36 bits per heavy atom. The van der Waals surface area contributed by atoms with Gasteiger partial charge in [0.25, 0.3) is 0 Å². The van der Waals surface area contributed by atoms with E-state index in [0.29, 0.717) is 6.61 Å². The Balaban J connectivity index is 3.55. The fourth-order valence-corrected chi connectivity index (χ4v) is 0.411. The summed E-state index contributed by atoms with van der Waals surface area (Å²) in [5.74, 6) is 0.169. The van der Waals surface area contributed by atoms with Gasteiger partial charge in [0.15, 0.2) is 0 Å². The highest BCUT2D eigenvalue weighted by Gasteiger charge is 2.25. The topological polar surface area (TPSA) is 38.7 Å². The second kappa shape index (κ2) is 4.70. The van der Waals surface area contributed by atoms with Crippen LogP contribution in [0.2, 0.25) is 0 Å². The van der Waals surface area contributed by atoms with E-state index in [1.807, 2.05) is 20.8 Å². The van der Waals surface area contributed by atoms with Crippen molar-refractivity contribution in [2.75, 3.05) is 13.2 Å². The quantitative estimate of drug-likeness (QED) is 0.377. The molecule has 0 radical (unpaired) electrons. The fourth-order valence-electron chi connectivity index (χ4n) is 0.411. The third-order valence-electron chi connectivity index (χ3n) is 1.80. The average Bonchev–Trinajstić information content (AvgIpc) is 1.88. The summed E-state index contributed by atoms with van der Waals surface area (Å²) < 4.78 is 0. The van der Waals surface area contributed by atoms with Crippen LogP contribution in [-0.2, 0) is 9.78 Å². The molecule has 0 aromatic rings. The summed E-state index contributed by atoms with van der Waals surface area (Å²) >= 11 is 0. The molecule has 0 aromatic heterocycles. The zero-order chi connectivity index (χ0) is 8.91. The molecule has 3 nitrogen and oxygen atoms in total. The van der Waals surface area contributed by atoms with E-state index < -0.39 is 5.60 Å². The molecular weight excluding hydrogens is 144 g/mol. The van der Waals surface area contributed by atoms with Crippen LogP contribution >= 0.6 is 0 Å². The predicted octanol–water partition coefficient (Wildman–Crippen LogP) is 1.36. The molecule has 0 bridgehead atoms. The van der Waals surface area contributed by atoms with Crippen LogP contribution in [0.25, 0.3) is 0 Å². The second-order valence-electron chi connectivity index (χ2n) is 3.18. The fraction of sp³-hybridized carbons (Fsp3) is 1.00. The van der Waals surface area contributed by atoms with Gasteiger partial charge in [-0.1, -0.05) is 13.8 Å². The maximum absolute atomic E-state index is 9.61. The molecule has 0 saturated heterocycles. The molecule has 0 aliphatic rings. The molecule has 68 valence electrons. The third kappa shape index (κ3) is 4.35. The van der Waals surface area contributed by atoms with Crippen LogP contribution in [0, 0.1) is 5.92 Å². The Morgan fingerprint density at radius 2 is 1.91 bits per heavy atom. The summed E-state index contributed by atoms with van der Waals surface area (Å²) in [5.41, 5.74) is -0.796. The second-order valence-corrected chi connectivity index (χ2v) is 3.18. The molecule has 0 amide bonds. The maximum Gasteiger partial charge on any atom is 0.111 e. The van der Waals surface area contributed by atoms with E-state index in [0.717, 1.165) is 0 Å². The van der Waals surface area contributed by atoms with Gasteiger partial charge in [-0.05, 0) is 19.8 Å². The lowest BCUT2D eigenvalue weighted by molar-refractivity contribution is -0.315. The molecule has 1 N–H and O–H groups in total. The lowest BCUT2D eigenvalue weighted by Crippen LogP contribution is -2.36. The molecule has 1 atom stereocenters. The third-order valence-corrected chi connectivity index (χ3v) is 1.80. The Bertz CT molecular complexity index is 99.5. The minimum absolute atomic E-state index is 0.169. The first-order chi connectivity index (χ1) is 5.00. The minimum Gasteiger partial charge on any atom is -0.387 e. The first-order valence-electron chi connectivity index (χ1n) is 3.97. The summed E-state index contributed by atoms with van der Waals surface area (Å²) in [6.07, 6.45) is 0. The van der Waals surface area contributed by atoms with Crippen LogP contribution in [0.3, 0.4) is 0 Å². The molecule has 0 aliphatic carbocycles. The molecular formula is C8H18O3. The van der Waals surface area contributed by atoms with Crippen molar-refractivity contribution in [1.29, 1.82) is 0 Å². The van der Waals surface area contributed by atoms with Crippen molar-refractivity contribution >= 4 is 0 Å². The van der Waals surface area contributed by atoms with Crippen molar-refractivity contribution in [2.45, 2.75) is 33.3 Å². The van der Waals surface area contributed by atoms with Crippen molar-refractivity contribution < 1.29 is 14.9 Å². The first kappa shape index (κ1) is 10.9. The maximum atomic E-state index is 9.61. The van der Waals surface area contributed by atoms with Gasteiger partial charge in [0.2, 0.25) is 0 Å². The van der Waals surface area contributed by atoms with Crippen LogP contribution in [0.4, 0.5) is 0 Å². The Labute approximate surface area is 68.2 Å². The highest BCUT2D eigenvalue weighted by atomic mass is 17.2. The number of rotatable bonds is 5. The Hall–Kier alpha value is -0.120. The van der Waals surface area contributed by atoms with Crippen LogP contribution in [0.15, 0.2) is 0 Å². The first-order valence-corrected chi connectivity index (χ1v) is 3.97. The van der Waals surface area contributed by atoms with Crippen molar-refractivity contribution in [3.63, 3.8) is 0 Å². The average molecular weight is 162 g/mol. The molecule has 0 aliphatic heterocycles. The molecule has 0 heterocycles. The molecule has 3 heteroatoms. The molecule has 0 rings (SSSR count). The van der Waals surface area contributed by atoms with E-state index in [1.54, 1.807) is 6.92 Å². The highest BCUT2D eigenvalue weighted by Crippen LogP contribution is 2.15. The SMILES string of the molecule is CCOOCC(C)(O)C(C)C. The van der Waals surface area contributed by atoms with Gasteiger partial charge < -0.3 is 5.11 Å². The monoisotopic (exact) mass is 162 g/mol. The predicted molar refractivity (Wildman–Crippen MR) is 43.0 cm³/mol. The van der Waals surface area contributed by atoms with E-state index >= 15 is 0 Å². The lowest BCUT2D eigenvalue weighted by Gasteiger charge is -2.26. The van der Waals surface area contributed by atoms with Crippen molar-refractivity contribution in [3.8, 4) is 0 Å².